The van der Waals surface area contributed by atoms with Crippen LogP contribution in [0.5, 0.6) is 5.75 Å². The number of aromatic nitrogens is 1. The van der Waals surface area contributed by atoms with Gasteiger partial charge in [0.25, 0.3) is 11.7 Å². The van der Waals surface area contributed by atoms with Gasteiger partial charge in [-0.2, -0.15) is 0 Å². The van der Waals surface area contributed by atoms with Crippen LogP contribution in [0, 0.1) is 0 Å². The molecule has 1 N–H and O–H groups in total. The topological polar surface area (TPSA) is 106 Å². The average Bonchev–Trinajstić information content (AvgIpc) is 3.19. The number of pyridine rings is 1. The second kappa shape index (κ2) is 11.3. The monoisotopic (exact) mass is 514 g/mol. The van der Waals surface area contributed by atoms with Crippen LogP contribution in [0.1, 0.15) is 55.1 Å². The summed E-state index contributed by atoms with van der Waals surface area (Å²) in [6.07, 6.45) is 1.66. The van der Waals surface area contributed by atoms with Gasteiger partial charge in [-0.15, -0.1) is 0 Å². The molecule has 0 aliphatic carbocycles. The summed E-state index contributed by atoms with van der Waals surface area (Å²) in [4.78, 5) is 44.4. The Hall–Kier alpha value is -4.46. The third-order valence-electron chi connectivity index (χ3n) is 6.41. The fourth-order valence-corrected chi connectivity index (χ4v) is 4.56. The number of anilines is 1. The van der Waals surface area contributed by atoms with E-state index in [9.17, 15) is 19.5 Å². The van der Waals surface area contributed by atoms with Crippen molar-refractivity contribution in [2.45, 2.75) is 39.2 Å². The molecule has 0 saturated carbocycles. The molecular formula is C30H30N2O6. The fraction of sp³-hybridized carbons (Fsp3) is 0.267. The molecule has 0 spiro atoms. The van der Waals surface area contributed by atoms with Crippen LogP contribution in [0.4, 0.5) is 5.69 Å². The minimum atomic E-state index is -0.947. The lowest BCUT2D eigenvalue weighted by atomic mass is 9.94. The van der Waals surface area contributed by atoms with Gasteiger partial charge in [-0.05, 0) is 66.4 Å². The number of hydrogen-bond acceptors (Lipinski definition) is 7. The third-order valence-corrected chi connectivity index (χ3v) is 6.41. The van der Waals surface area contributed by atoms with Crippen LogP contribution < -0.4 is 9.64 Å². The Bertz CT molecular complexity index is 1380. The van der Waals surface area contributed by atoms with Crippen molar-refractivity contribution in [1.82, 2.24) is 4.98 Å². The van der Waals surface area contributed by atoms with E-state index in [1.54, 1.807) is 80.9 Å². The minimum Gasteiger partial charge on any atom is -0.507 e. The number of benzene rings is 2. The van der Waals surface area contributed by atoms with Crippen LogP contribution in [-0.4, -0.2) is 41.5 Å². The molecule has 1 aromatic heterocycles. The number of carbonyl (C=O) groups is 3. The summed E-state index contributed by atoms with van der Waals surface area (Å²) in [5, 5.41) is 11.4. The van der Waals surface area contributed by atoms with Gasteiger partial charge in [-0.25, -0.2) is 0 Å². The van der Waals surface area contributed by atoms with Gasteiger partial charge in [-0.1, -0.05) is 32.0 Å². The molecule has 4 rings (SSSR count). The summed E-state index contributed by atoms with van der Waals surface area (Å²) in [5.74, 6) is -1.46. The number of Topliss-reactive ketones (excluding diaryl/α,β-unsaturated/α-hetero) is 1. The van der Waals surface area contributed by atoms with Crippen LogP contribution in [-0.2, 0) is 25.5 Å². The van der Waals surface area contributed by atoms with Gasteiger partial charge in [0, 0.05) is 17.4 Å². The number of methoxy groups -OCH3 is 1. The largest absolute Gasteiger partial charge is 0.507 e. The molecule has 38 heavy (non-hydrogen) atoms. The quantitative estimate of drug-likeness (QED) is 0.196. The van der Waals surface area contributed by atoms with E-state index >= 15 is 0 Å². The Balaban J connectivity index is 1.82. The third kappa shape index (κ3) is 5.16. The van der Waals surface area contributed by atoms with Gasteiger partial charge in [-0.3, -0.25) is 24.3 Å². The zero-order valence-corrected chi connectivity index (χ0v) is 21.8. The first-order valence-corrected chi connectivity index (χ1v) is 12.4. The van der Waals surface area contributed by atoms with Crippen molar-refractivity contribution in [3.8, 4) is 5.75 Å². The molecule has 8 nitrogen and oxygen atoms in total. The van der Waals surface area contributed by atoms with Gasteiger partial charge in [0.2, 0.25) is 0 Å². The predicted molar refractivity (Wildman–Crippen MR) is 143 cm³/mol. The number of ether oxygens (including phenoxy) is 2. The zero-order chi connectivity index (χ0) is 27.4. The molecular weight excluding hydrogens is 484 g/mol. The minimum absolute atomic E-state index is 0.0517. The summed E-state index contributed by atoms with van der Waals surface area (Å²) in [6.45, 7) is 6.03. The standard InChI is InChI=1S/C30H30N2O6/c1-5-38-25(33)16-19-9-12-21(13-10-19)32-27(23-8-6-7-15-31-23)26(29(35)30(32)36)28(34)20-11-14-24(37-4)22(17-20)18(2)3/h6-15,17-18,27,34H,5,16H2,1-4H3/b28-26-. The zero-order valence-electron chi connectivity index (χ0n) is 21.8. The van der Waals surface area contributed by atoms with Gasteiger partial charge < -0.3 is 14.6 Å². The number of rotatable bonds is 8. The van der Waals surface area contributed by atoms with Crippen LogP contribution in [0.2, 0.25) is 0 Å². The highest BCUT2D eigenvalue weighted by atomic mass is 16.5. The Labute approximate surface area is 221 Å². The molecule has 1 fully saturated rings. The number of ketones is 1. The fourth-order valence-electron chi connectivity index (χ4n) is 4.56. The Kier molecular flexibility index (Phi) is 7.90. The first kappa shape index (κ1) is 26.6. The normalized spacial score (nSPS) is 16.7. The maximum atomic E-state index is 13.4. The van der Waals surface area contributed by atoms with E-state index in [-0.39, 0.29) is 29.6 Å². The number of esters is 1. The van der Waals surface area contributed by atoms with Gasteiger partial charge >= 0.3 is 5.97 Å². The maximum absolute atomic E-state index is 13.4. The molecule has 1 aliphatic heterocycles. The van der Waals surface area contributed by atoms with Crippen molar-refractivity contribution >= 4 is 29.1 Å². The summed E-state index contributed by atoms with van der Waals surface area (Å²) < 4.78 is 10.5. The van der Waals surface area contributed by atoms with E-state index in [1.807, 2.05) is 13.8 Å². The molecule has 2 aromatic carbocycles. The molecule has 196 valence electrons. The van der Waals surface area contributed by atoms with Gasteiger partial charge in [0.05, 0.1) is 31.4 Å². The molecule has 3 aromatic rings. The van der Waals surface area contributed by atoms with Gasteiger partial charge in [0.1, 0.15) is 17.6 Å². The van der Waals surface area contributed by atoms with Crippen molar-refractivity contribution in [3.63, 3.8) is 0 Å². The van der Waals surface area contributed by atoms with Crippen molar-refractivity contribution in [3.05, 3.63) is 94.8 Å². The van der Waals surface area contributed by atoms with Crippen molar-refractivity contribution < 1.29 is 29.0 Å². The average molecular weight is 515 g/mol. The number of aliphatic hydroxyl groups excluding tert-OH is 1. The number of aliphatic hydroxyl groups is 1. The van der Waals surface area contributed by atoms with Crippen LogP contribution >= 0.6 is 0 Å². The van der Waals surface area contributed by atoms with Crippen molar-refractivity contribution in [2.24, 2.45) is 0 Å². The number of nitrogens with zero attached hydrogens (tertiary/aromatic N) is 2. The number of amides is 1. The lowest BCUT2D eigenvalue weighted by Gasteiger charge is -2.25. The molecule has 2 heterocycles. The molecule has 1 unspecified atom stereocenters. The second-order valence-electron chi connectivity index (χ2n) is 9.18. The van der Waals surface area contributed by atoms with E-state index in [2.05, 4.69) is 4.98 Å². The highest BCUT2D eigenvalue weighted by Crippen LogP contribution is 2.42. The Morgan fingerprint density at radius 2 is 1.82 bits per heavy atom. The first-order chi connectivity index (χ1) is 18.3. The highest BCUT2D eigenvalue weighted by Gasteiger charge is 2.47. The summed E-state index contributed by atoms with van der Waals surface area (Å²) >= 11 is 0. The van der Waals surface area contributed by atoms with E-state index in [0.29, 0.717) is 34.9 Å². The first-order valence-electron chi connectivity index (χ1n) is 12.4. The highest BCUT2D eigenvalue weighted by molar-refractivity contribution is 6.51. The summed E-state index contributed by atoms with van der Waals surface area (Å²) in [6, 6.07) is 16.2. The van der Waals surface area contributed by atoms with E-state index in [0.717, 1.165) is 5.56 Å². The number of carbonyl (C=O) groups excluding carboxylic acids is 3. The van der Waals surface area contributed by atoms with Crippen LogP contribution in [0.15, 0.2) is 72.4 Å². The van der Waals surface area contributed by atoms with E-state index in [4.69, 9.17) is 9.47 Å². The van der Waals surface area contributed by atoms with Crippen LogP contribution in [0.25, 0.3) is 5.76 Å². The Morgan fingerprint density at radius 1 is 1.08 bits per heavy atom. The van der Waals surface area contributed by atoms with E-state index in [1.165, 1.54) is 4.90 Å². The molecule has 1 aliphatic rings. The molecule has 1 saturated heterocycles. The molecule has 0 bridgehead atoms. The maximum Gasteiger partial charge on any atom is 0.310 e. The molecule has 1 atom stereocenters. The molecule has 8 heteroatoms. The summed E-state index contributed by atoms with van der Waals surface area (Å²) in [5.41, 5.74) is 2.78. The lowest BCUT2D eigenvalue weighted by molar-refractivity contribution is -0.142. The summed E-state index contributed by atoms with van der Waals surface area (Å²) in [7, 11) is 1.57. The van der Waals surface area contributed by atoms with Gasteiger partial charge in [0.15, 0.2) is 0 Å². The second-order valence-corrected chi connectivity index (χ2v) is 9.18. The van der Waals surface area contributed by atoms with Crippen molar-refractivity contribution in [1.29, 1.82) is 0 Å². The SMILES string of the molecule is CCOC(=O)Cc1ccc(N2C(=O)C(=O)/C(=C(\O)c3ccc(OC)c(C(C)C)c3)C2c2ccccn2)cc1. The Morgan fingerprint density at radius 3 is 2.42 bits per heavy atom. The smallest absolute Gasteiger partial charge is 0.310 e. The lowest BCUT2D eigenvalue weighted by Crippen LogP contribution is -2.29. The number of hydrogen-bond donors (Lipinski definition) is 1. The molecule has 1 amide bonds. The molecule has 0 radical (unpaired) electrons. The van der Waals surface area contributed by atoms with E-state index < -0.39 is 17.7 Å². The van der Waals surface area contributed by atoms with Crippen LogP contribution in [0.3, 0.4) is 0 Å². The predicted octanol–water partition coefficient (Wildman–Crippen LogP) is 4.95. The van der Waals surface area contributed by atoms with Crippen molar-refractivity contribution in [2.75, 3.05) is 18.6 Å².